The minimum Gasteiger partial charge on any atom is -0.492 e. The van der Waals surface area contributed by atoms with Crippen LogP contribution in [0.5, 0.6) is 5.75 Å². The van der Waals surface area contributed by atoms with Crippen molar-refractivity contribution in [3.05, 3.63) is 65.7 Å². The molecule has 7 heteroatoms. The summed E-state index contributed by atoms with van der Waals surface area (Å²) in [7, 11) is 1.63. The standard InChI is InChI=1S/C20H20F2N2O3/c1-20(13-18(23-27-20)16-5-3-4-6-17(16)22)19(25)24(2)11-12-26-15-9-7-14(21)8-10-15/h3-10H,11-13H2,1-2H3/t20-/m0/s1. The summed E-state index contributed by atoms with van der Waals surface area (Å²) >= 11 is 0. The SMILES string of the molecule is CN(CCOc1ccc(F)cc1)C(=O)[C@]1(C)CC(c2ccccc2F)=NO1. The van der Waals surface area contributed by atoms with Crippen LogP contribution in [0.25, 0.3) is 0 Å². The quantitative estimate of drug-likeness (QED) is 0.779. The van der Waals surface area contributed by atoms with Gasteiger partial charge in [0.1, 0.15) is 24.0 Å². The van der Waals surface area contributed by atoms with Gasteiger partial charge in [-0.1, -0.05) is 23.4 Å². The molecule has 1 heterocycles. The van der Waals surface area contributed by atoms with Gasteiger partial charge in [0.25, 0.3) is 5.91 Å². The lowest BCUT2D eigenvalue weighted by Gasteiger charge is -2.27. The summed E-state index contributed by atoms with van der Waals surface area (Å²) in [6, 6.07) is 11.9. The zero-order valence-corrected chi connectivity index (χ0v) is 15.1. The third-order valence-electron chi connectivity index (χ3n) is 4.36. The van der Waals surface area contributed by atoms with Crippen molar-refractivity contribution in [2.24, 2.45) is 5.16 Å². The summed E-state index contributed by atoms with van der Waals surface area (Å²) in [5.74, 6) is -0.504. The lowest BCUT2D eigenvalue weighted by molar-refractivity contribution is -0.152. The normalized spacial score (nSPS) is 18.6. The molecule has 2 aromatic carbocycles. The van der Waals surface area contributed by atoms with Gasteiger partial charge in [0.15, 0.2) is 0 Å². The molecule has 1 aliphatic heterocycles. The monoisotopic (exact) mass is 374 g/mol. The zero-order valence-electron chi connectivity index (χ0n) is 15.1. The van der Waals surface area contributed by atoms with Gasteiger partial charge in [0, 0.05) is 19.0 Å². The number of likely N-dealkylation sites (N-methyl/N-ethyl adjacent to an activating group) is 1. The second kappa shape index (κ2) is 7.73. The fourth-order valence-corrected chi connectivity index (χ4v) is 2.83. The second-order valence-electron chi connectivity index (χ2n) is 6.55. The van der Waals surface area contributed by atoms with Crippen molar-refractivity contribution in [1.29, 1.82) is 0 Å². The van der Waals surface area contributed by atoms with E-state index in [2.05, 4.69) is 5.16 Å². The van der Waals surface area contributed by atoms with Gasteiger partial charge in [-0.15, -0.1) is 0 Å². The fourth-order valence-electron chi connectivity index (χ4n) is 2.83. The summed E-state index contributed by atoms with van der Waals surface area (Å²) in [5, 5.41) is 3.92. The van der Waals surface area contributed by atoms with E-state index < -0.39 is 11.4 Å². The van der Waals surface area contributed by atoms with Crippen molar-refractivity contribution in [2.45, 2.75) is 18.9 Å². The van der Waals surface area contributed by atoms with Crippen LogP contribution in [0.1, 0.15) is 18.9 Å². The number of oxime groups is 1. The number of halogens is 2. The molecule has 27 heavy (non-hydrogen) atoms. The predicted octanol–water partition coefficient (Wildman–Crippen LogP) is 3.39. The average molecular weight is 374 g/mol. The molecule has 0 aromatic heterocycles. The third kappa shape index (κ3) is 4.24. The van der Waals surface area contributed by atoms with Crippen molar-refractivity contribution in [3.63, 3.8) is 0 Å². The molecule has 1 aliphatic rings. The summed E-state index contributed by atoms with van der Waals surface area (Å²) in [6.07, 6.45) is 0.177. The number of benzene rings is 2. The molecule has 3 rings (SSSR count). The third-order valence-corrected chi connectivity index (χ3v) is 4.36. The molecule has 1 atom stereocenters. The Labute approximate surface area is 156 Å². The van der Waals surface area contributed by atoms with Gasteiger partial charge < -0.3 is 14.5 Å². The van der Waals surface area contributed by atoms with E-state index in [1.165, 1.54) is 35.2 Å². The van der Waals surface area contributed by atoms with Crippen LogP contribution in [-0.4, -0.2) is 42.3 Å². The predicted molar refractivity (Wildman–Crippen MR) is 96.6 cm³/mol. The number of amides is 1. The minimum atomic E-state index is -1.19. The Bertz CT molecular complexity index is 855. The molecular formula is C20H20F2N2O3. The van der Waals surface area contributed by atoms with Crippen molar-refractivity contribution in [1.82, 2.24) is 4.90 Å². The van der Waals surface area contributed by atoms with E-state index in [0.717, 1.165) is 0 Å². The molecule has 0 N–H and O–H groups in total. The maximum absolute atomic E-state index is 13.9. The van der Waals surface area contributed by atoms with Gasteiger partial charge in [-0.05, 0) is 37.3 Å². The Morgan fingerprint density at radius 3 is 2.63 bits per heavy atom. The highest BCUT2D eigenvalue weighted by Gasteiger charge is 2.44. The molecule has 0 aliphatic carbocycles. The fraction of sp³-hybridized carbons (Fsp3) is 0.300. The first-order chi connectivity index (χ1) is 12.9. The van der Waals surface area contributed by atoms with Crippen LogP contribution < -0.4 is 4.74 Å². The van der Waals surface area contributed by atoms with Crippen molar-refractivity contribution in [3.8, 4) is 5.75 Å². The first kappa shape index (κ1) is 18.8. The van der Waals surface area contributed by atoms with E-state index in [1.807, 2.05) is 0 Å². The first-order valence-corrected chi connectivity index (χ1v) is 8.53. The molecule has 5 nitrogen and oxygen atoms in total. The minimum absolute atomic E-state index is 0.177. The van der Waals surface area contributed by atoms with Crippen molar-refractivity contribution >= 4 is 11.6 Å². The van der Waals surface area contributed by atoms with Gasteiger partial charge >= 0.3 is 0 Å². The molecule has 0 radical (unpaired) electrons. The number of ether oxygens (including phenoxy) is 1. The van der Waals surface area contributed by atoms with E-state index in [0.29, 0.717) is 23.6 Å². The molecule has 0 bridgehead atoms. The van der Waals surface area contributed by atoms with Crippen LogP contribution in [0.15, 0.2) is 53.7 Å². The van der Waals surface area contributed by atoms with Gasteiger partial charge in [-0.25, -0.2) is 8.78 Å². The maximum atomic E-state index is 13.9. The molecule has 0 unspecified atom stereocenters. The smallest absolute Gasteiger partial charge is 0.269 e. The summed E-state index contributed by atoms with van der Waals surface area (Å²) in [4.78, 5) is 19.6. The van der Waals surface area contributed by atoms with Gasteiger partial charge in [-0.2, -0.15) is 0 Å². The molecule has 0 saturated carbocycles. The lowest BCUT2D eigenvalue weighted by atomic mass is 9.94. The number of carbonyl (C=O) groups excluding carboxylic acids is 1. The van der Waals surface area contributed by atoms with Crippen LogP contribution >= 0.6 is 0 Å². The Hall–Kier alpha value is -2.96. The Morgan fingerprint density at radius 1 is 1.22 bits per heavy atom. The molecule has 0 fully saturated rings. The van der Waals surface area contributed by atoms with Crippen molar-refractivity contribution in [2.75, 3.05) is 20.2 Å². The number of carbonyl (C=O) groups is 1. The van der Waals surface area contributed by atoms with Crippen LogP contribution in [0.3, 0.4) is 0 Å². The molecule has 1 amide bonds. The van der Waals surface area contributed by atoms with E-state index in [9.17, 15) is 13.6 Å². The van der Waals surface area contributed by atoms with E-state index in [-0.39, 0.29) is 24.8 Å². The van der Waals surface area contributed by atoms with Crippen molar-refractivity contribution < 1.29 is 23.1 Å². The molecular weight excluding hydrogens is 354 g/mol. The summed E-state index contributed by atoms with van der Waals surface area (Å²) in [6.45, 7) is 2.18. The van der Waals surface area contributed by atoms with Crippen LogP contribution in [-0.2, 0) is 9.63 Å². The molecule has 0 spiro atoms. The van der Waals surface area contributed by atoms with Crippen LogP contribution in [0, 0.1) is 11.6 Å². The molecule has 2 aromatic rings. The Morgan fingerprint density at radius 2 is 1.93 bits per heavy atom. The van der Waals surface area contributed by atoms with Gasteiger partial charge in [-0.3, -0.25) is 4.79 Å². The maximum Gasteiger partial charge on any atom is 0.269 e. The topological polar surface area (TPSA) is 51.1 Å². The summed E-state index contributed by atoms with van der Waals surface area (Å²) in [5.41, 5.74) is -0.460. The van der Waals surface area contributed by atoms with E-state index in [4.69, 9.17) is 9.57 Å². The zero-order chi connectivity index (χ0) is 19.4. The highest BCUT2D eigenvalue weighted by molar-refractivity contribution is 6.05. The highest BCUT2D eigenvalue weighted by atomic mass is 19.1. The largest absolute Gasteiger partial charge is 0.492 e. The number of hydrogen-bond donors (Lipinski definition) is 0. The van der Waals surface area contributed by atoms with Crippen LogP contribution in [0.2, 0.25) is 0 Å². The number of rotatable bonds is 6. The molecule has 0 saturated heterocycles. The molecule has 142 valence electrons. The van der Waals surface area contributed by atoms with Crippen LogP contribution in [0.4, 0.5) is 8.78 Å². The van der Waals surface area contributed by atoms with Gasteiger partial charge in [0.2, 0.25) is 5.60 Å². The highest BCUT2D eigenvalue weighted by Crippen LogP contribution is 2.29. The number of hydrogen-bond acceptors (Lipinski definition) is 4. The second-order valence-corrected chi connectivity index (χ2v) is 6.55. The van der Waals surface area contributed by atoms with E-state index >= 15 is 0 Å². The number of nitrogens with zero attached hydrogens (tertiary/aromatic N) is 2. The Kier molecular flexibility index (Phi) is 5.39. The Balaban J connectivity index is 1.55. The van der Waals surface area contributed by atoms with E-state index in [1.54, 1.807) is 32.2 Å². The van der Waals surface area contributed by atoms with Gasteiger partial charge in [0.05, 0.1) is 12.3 Å². The average Bonchev–Trinajstić information content (AvgIpc) is 3.06. The lowest BCUT2D eigenvalue weighted by Crippen LogP contribution is -2.46. The summed E-state index contributed by atoms with van der Waals surface area (Å²) < 4.78 is 32.3. The first-order valence-electron chi connectivity index (χ1n) is 8.53.